The van der Waals surface area contributed by atoms with E-state index in [9.17, 15) is 0 Å². The van der Waals surface area contributed by atoms with Gasteiger partial charge in [0.15, 0.2) is 0 Å². The lowest BCUT2D eigenvalue weighted by Gasteiger charge is -2.22. The Morgan fingerprint density at radius 1 is 0.848 bits per heavy atom. The van der Waals surface area contributed by atoms with Crippen LogP contribution in [0.1, 0.15) is 45.7 Å². The highest BCUT2D eigenvalue weighted by atomic mass is 32.1. The summed E-state index contributed by atoms with van der Waals surface area (Å²) >= 11 is 1.72. The molecule has 0 amide bonds. The number of thiophene rings is 1. The minimum absolute atomic E-state index is 0.0464. The zero-order valence-corrected chi connectivity index (χ0v) is 20.8. The van der Waals surface area contributed by atoms with Gasteiger partial charge in [0.2, 0.25) is 0 Å². The summed E-state index contributed by atoms with van der Waals surface area (Å²) in [6, 6.07) is 22.0. The first-order valence-electron chi connectivity index (χ1n) is 11.7. The third-order valence-corrected chi connectivity index (χ3v) is 6.98. The van der Waals surface area contributed by atoms with Crippen molar-refractivity contribution in [1.82, 2.24) is 9.97 Å². The Kier molecular flexibility index (Phi) is 5.54. The molecule has 0 saturated heterocycles. The Bertz CT molecular complexity index is 1450. The largest absolute Gasteiger partial charge is 0.256 e. The molecule has 0 fully saturated rings. The molecular formula is C30H30N2S. The molecule has 0 saturated carbocycles. The van der Waals surface area contributed by atoms with Crippen molar-refractivity contribution in [3.05, 3.63) is 83.4 Å². The van der Waals surface area contributed by atoms with Crippen LogP contribution in [-0.4, -0.2) is 9.97 Å². The molecule has 33 heavy (non-hydrogen) atoms. The maximum absolute atomic E-state index is 5.01. The van der Waals surface area contributed by atoms with E-state index in [4.69, 9.17) is 9.97 Å². The number of benzene rings is 2. The van der Waals surface area contributed by atoms with Crippen molar-refractivity contribution in [2.75, 3.05) is 0 Å². The Morgan fingerprint density at radius 2 is 1.67 bits per heavy atom. The van der Waals surface area contributed by atoms with E-state index in [1.54, 1.807) is 11.3 Å². The van der Waals surface area contributed by atoms with Crippen molar-refractivity contribution in [1.29, 1.82) is 0 Å². The van der Waals surface area contributed by atoms with Crippen molar-refractivity contribution in [3.8, 4) is 22.5 Å². The van der Waals surface area contributed by atoms with E-state index in [2.05, 4.69) is 101 Å². The third-order valence-electron chi connectivity index (χ3n) is 6.17. The molecule has 3 heteroatoms. The van der Waals surface area contributed by atoms with Gasteiger partial charge in [-0.05, 0) is 81.4 Å². The molecule has 0 bridgehead atoms. The van der Waals surface area contributed by atoms with Gasteiger partial charge in [-0.15, -0.1) is 11.3 Å². The quantitative estimate of drug-likeness (QED) is 0.274. The lowest BCUT2D eigenvalue weighted by Crippen LogP contribution is -2.12. The van der Waals surface area contributed by atoms with Gasteiger partial charge in [0.1, 0.15) is 4.83 Å². The topological polar surface area (TPSA) is 25.8 Å². The van der Waals surface area contributed by atoms with Crippen LogP contribution in [0.15, 0.2) is 72.2 Å². The van der Waals surface area contributed by atoms with Gasteiger partial charge >= 0.3 is 0 Å². The first-order valence-corrected chi connectivity index (χ1v) is 12.5. The molecule has 166 valence electrons. The molecule has 0 N–H and O–H groups in total. The van der Waals surface area contributed by atoms with Crippen molar-refractivity contribution >= 4 is 32.3 Å². The van der Waals surface area contributed by atoms with Gasteiger partial charge in [-0.2, -0.15) is 0 Å². The van der Waals surface area contributed by atoms with Crippen LogP contribution >= 0.6 is 11.3 Å². The maximum Gasteiger partial charge on any atom is 0.124 e. The van der Waals surface area contributed by atoms with Crippen LogP contribution in [-0.2, 0) is 11.8 Å². The van der Waals surface area contributed by atoms with E-state index in [1.807, 2.05) is 6.20 Å². The summed E-state index contributed by atoms with van der Waals surface area (Å²) in [7, 11) is 0. The molecule has 2 nitrogen and oxygen atoms in total. The number of nitrogens with zero attached hydrogens (tertiary/aromatic N) is 2. The lowest BCUT2D eigenvalue weighted by molar-refractivity contribution is 0.596. The summed E-state index contributed by atoms with van der Waals surface area (Å²) in [5, 5.41) is 6.00. The van der Waals surface area contributed by atoms with Crippen LogP contribution in [0.25, 0.3) is 43.5 Å². The smallest absolute Gasteiger partial charge is 0.124 e. The Labute approximate surface area is 200 Å². The monoisotopic (exact) mass is 450 g/mol. The van der Waals surface area contributed by atoms with Gasteiger partial charge in [0.25, 0.3) is 0 Å². The van der Waals surface area contributed by atoms with Crippen LogP contribution in [0.4, 0.5) is 0 Å². The number of fused-ring (bicyclic) bond motifs is 2. The van der Waals surface area contributed by atoms with E-state index >= 15 is 0 Å². The van der Waals surface area contributed by atoms with Gasteiger partial charge in [-0.3, -0.25) is 4.98 Å². The minimum Gasteiger partial charge on any atom is -0.256 e. The number of hydrogen-bond donors (Lipinski definition) is 0. The highest BCUT2D eigenvalue weighted by Gasteiger charge is 2.19. The normalized spacial score (nSPS) is 12.2. The molecule has 5 rings (SSSR count). The SMILES string of the molecule is CC(C)Cc1cc(-c2ccnc(-c3cc(C(C)(C)C)c4ccccc4c3)c2)nc2sccc12. The Balaban J connectivity index is 1.65. The summed E-state index contributed by atoms with van der Waals surface area (Å²) in [4.78, 5) is 10.9. The van der Waals surface area contributed by atoms with Gasteiger partial charge in [0, 0.05) is 22.7 Å². The molecule has 3 heterocycles. The predicted molar refractivity (Wildman–Crippen MR) is 143 cm³/mol. The molecule has 0 aliphatic rings. The van der Waals surface area contributed by atoms with E-state index in [-0.39, 0.29) is 5.41 Å². The molecule has 3 aromatic heterocycles. The van der Waals surface area contributed by atoms with E-state index in [1.165, 1.54) is 27.3 Å². The second-order valence-corrected chi connectivity index (χ2v) is 11.2. The van der Waals surface area contributed by atoms with Crippen molar-refractivity contribution < 1.29 is 0 Å². The molecular weight excluding hydrogens is 420 g/mol. The summed E-state index contributed by atoms with van der Waals surface area (Å²) in [5.74, 6) is 0.602. The van der Waals surface area contributed by atoms with Gasteiger partial charge in [-0.1, -0.05) is 58.9 Å². The molecule has 0 atom stereocenters. The standard InChI is InChI=1S/C30H30N2S/c1-19(2)14-22-18-28(32-29-25(22)11-13-33-29)21-10-12-31-27(17-21)23-15-20-8-6-7-9-24(20)26(16-23)30(3,4)5/h6-13,15-19H,14H2,1-5H3. The van der Waals surface area contributed by atoms with E-state index in [0.29, 0.717) is 5.92 Å². The molecule has 0 unspecified atom stereocenters. The first-order chi connectivity index (χ1) is 15.8. The number of pyridine rings is 2. The summed E-state index contributed by atoms with van der Waals surface area (Å²) in [6.45, 7) is 11.4. The molecule has 0 aliphatic heterocycles. The Hall–Kier alpha value is -3.04. The van der Waals surface area contributed by atoms with Crippen LogP contribution in [0.2, 0.25) is 0 Å². The van der Waals surface area contributed by atoms with E-state index < -0.39 is 0 Å². The summed E-state index contributed by atoms with van der Waals surface area (Å²) in [5.41, 5.74) is 7.06. The molecule has 5 aromatic rings. The summed E-state index contributed by atoms with van der Waals surface area (Å²) < 4.78 is 0. The third kappa shape index (κ3) is 4.30. The van der Waals surface area contributed by atoms with Crippen LogP contribution in [0.3, 0.4) is 0 Å². The van der Waals surface area contributed by atoms with E-state index in [0.717, 1.165) is 33.8 Å². The fourth-order valence-electron chi connectivity index (χ4n) is 4.60. The molecule has 0 spiro atoms. The van der Waals surface area contributed by atoms with Crippen molar-refractivity contribution in [2.24, 2.45) is 5.92 Å². The average Bonchev–Trinajstić information content (AvgIpc) is 3.26. The first kappa shape index (κ1) is 21.8. The highest BCUT2D eigenvalue weighted by Crippen LogP contribution is 2.36. The van der Waals surface area contributed by atoms with Crippen LogP contribution < -0.4 is 0 Å². The fraction of sp³-hybridized carbons (Fsp3) is 0.267. The van der Waals surface area contributed by atoms with Crippen molar-refractivity contribution in [2.45, 2.75) is 46.5 Å². The van der Waals surface area contributed by atoms with Crippen molar-refractivity contribution in [3.63, 3.8) is 0 Å². The number of aromatic nitrogens is 2. The summed E-state index contributed by atoms with van der Waals surface area (Å²) in [6.07, 6.45) is 2.97. The zero-order valence-electron chi connectivity index (χ0n) is 20.0. The zero-order chi connectivity index (χ0) is 23.2. The lowest BCUT2D eigenvalue weighted by atomic mass is 9.82. The molecule has 0 radical (unpaired) electrons. The molecule has 0 aliphatic carbocycles. The van der Waals surface area contributed by atoms with Gasteiger partial charge < -0.3 is 0 Å². The second-order valence-electron chi connectivity index (χ2n) is 10.3. The molecule has 2 aromatic carbocycles. The number of rotatable bonds is 4. The van der Waals surface area contributed by atoms with Crippen LogP contribution in [0, 0.1) is 5.92 Å². The second kappa shape index (κ2) is 8.39. The Morgan fingerprint density at radius 3 is 2.45 bits per heavy atom. The fourth-order valence-corrected chi connectivity index (χ4v) is 5.41. The highest BCUT2D eigenvalue weighted by molar-refractivity contribution is 7.16. The predicted octanol–water partition coefficient (Wildman–Crippen LogP) is 8.67. The average molecular weight is 451 g/mol. The minimum atomic E-state index is 0.0464. The van der Waals surface area contributed by atoms with Gasteiger partial charge in [-0.25, -0.2) is 4.98 Å². The number of hydrogen-bond acceptors (Lipinski definition) is 3. The van der Waals surface area contributed by atoms with Crippen LogP contribution in [0.5, 0.6) is 0 Å². The van der Waals surface area contributed by atoms with Gasteiger partial charge in [0.05, 0.1) is 11.4 Å². The maximum atomic E-state index is 5.01.